The van der Waals surface area contributed by atoms with Gasteiger partial charge in [-0.05, 0) is 42.5 Å². The number of benzene rings is 2. The molecule has 5 rings (SSSR count). The molecule has 0 radical (unpaired) electrons. The predicted octanol–water partition coefficient (Wildman–Crippen LogP) is 5.29. The van der Waals surface area contributed by atoms with Gasteiger partial charge in [0.2, 0.25) is 5.16 Å². The topological polar surface area (TPSA) is 60.1 Å². The highest BCUT2D eigenvalue weighted by atomic mass is 35.5. The summed E-state index contributed by atoms with van der Waals surface area (Å²) < 4.78 is 1.62. The Morgan fingerprint density at radius 3 is 2.77 bits per heavy atom. The summed E-state index contributed by atoms with van der Waals surface area (Å²) in [4.78, 5) is 22.0. The number of thioether (sulfide) groups is 1. The van der Waals surface area contributed by atoms with Crippen LogP contribution in [0.1, 0.15) is 45.1 Å². The Bertz CT molecular complexity index is 1250. The molecule has 0 saturated heterocycles. The standard InChI is InChI=1S/C23H19ClN4OS/c1-14-5-7-15(8-6-14)13-30-23-26-22-25-20-10-17(16-3-2-4-18(24)9-16)11-21(29)19(20)12-28(22)27-23/h2-9,12,17H,10-11,13H2,1H3/t17-/m1/s1. The van der Waals surface area contributed by atoms with Crippen LogP contribution in [-0.4, -0.2) is 25.4 Å². The molecule has 0 unspecified atom stereocenters. The summed E-state index contributed by atoms with van der Waals surface area (Å²) >= 11 is 7.70. The average Bonchev–Trinajstić information content (AvgIpc) is 3.14. The minimum absolute atomic E-state index is 0.0805. The molecule has 0 amide bonds. The number of carbonyl (C=O) groups excluding carboxylic acids is 1. The van der Waals surface area contributed by atoms with Crippen molar-refractivity contribution >= 4 is 34.9 Å². The van der Waals surface area contributed by atoms with Crippen LogP contribution in [-0.2, 0) is 12.2 Å². The minimum atomic E-state index is 0.0805. The second kappa shape index (κ2) is 7.85. The van der Waals surface area contributed by atoms with Crippen molar-refractivity contribution in [2.45, 2.75) is 36.6 Å². The van der Waals surface area contributed by atoms with Gasteiger partial charge in [-0.15, -0.1) is 5.10 Å². The fraction of sp³-hybridized carbons (Fsp3) is 0.217. The summed E-state index contributed by atoms with van der Waals surface area (Å²) in [5.74, 6) is 1.48. The van der Waals surface area contributed by atoms with Crippen LogP contribution >= 0.6 is 23.4 Å². The molecule has 0 saturated carbocycles. The molecular formula is C23H19ClN4OS. The predicted molar refractivity (Wildman–Crippen MR) is 118 cm³/mol. The third kappa shape index (κ3) is 3.85. The van der Waals surface area contributed by atoms with E-state index < -0.39 is 0 Å². The van der Waals surface area contributed by atoms with E-state index in [0.29, 0.717) is 34.4 Å². The van der Waals surface area contributed by atoms with Gasteiger partial charge in [-0.25, -0.2) is 9.50 Å². The number of aromatic nitrogens is 4. The second-order valence-corrected chi connectivity index (χ2v) is 8.98. The Morgan fingerprint density at radius 1 is 1.13 bits per heavy atom. The van der Waals surface area contributed by atoms with E-state index in [1.807, 2.05) is 24.3 Å². The number of aryl methyl sites for hydroxylation is 1. The quantitative estimate of drug-likeness (QED) is 0.408. The van der Waals surface area contributed by atoms with Crippen molar-refractivity contribution in [3.63, 3.8) is 0 Å². The smallest absolute Gasteiger partial charge is 0.253 e. The van der Waals surface area contributed by atoms with E-state index in [-0.39, 0.29) is 11.7 Å². The fourth-order valence-corrected chi connectivity index (χ4v) is 4.73. The zero-order valence-electron chi connectivity index (χ0n) is 16.4. The average molecular weight is 435 g/mol. The summed E-state index contributed by atoms with van der Waals surface area (Å²) in [5, 5.41) is 5.85. The number of rotatable bonds is 4. The molecule has 0 fully saturated rings. The summed E-state index contributed by atoms with van der Waals surface area (Å²) in [6, 6.07) is 16.1. The molecule has 0 aliphatic heterocycles. The third-order valence-electron chi connectivity index (χ3n) is 5.37. The molecule has 1 aliphatic carbocycles. The number of nitrogens with zero attached hydrogens (tertiary/aromatic N) is 4. The molecule has 2 aromatic heterocycles. The van der Waals surface area contributed by atoms with Crippen molar-refractivity contribution < 1.29 is 4.79 Å². The first-order valence-electron chi connectivity index (χ1n) is 9.78. The van der Waals surface area contributed by atoms with Crippen molar-refractivity contribution in [3.8, 4) is 0 Å². The highest BCUT2D eigenvalue weighted by Gasteiger charge is 2.28. The number of hydrogen-bond donors (Lipinski definition) is 0. The molecule has 0 N–H and O–H groups in total. The molecule has 4 aromatic rings. The molecular weight excluding hydrogens is 416 g/mol. The van der Waals surface area contributed by atoms with E-state index in [9.17, 15) is 4.79 Å². The summed E-state index contributed by atoms with van der Waals surface area (Å²) in [6.45, 7) is 2.08. The molecule has 1 aliphatic rings. The van der Waals surface area contributed by atoms with Gasteiger partial charge in [0, 0.05) is 23.4 Å². The van der Waals surface area contributed by atoms with E-state index in [0.717, 1.165) is 17.0 Å². The van der Waals surface area contributed by atoms with Gasteiger partial charge in [-0.3, -0.25) is 4.79 Å². The first kappa shape index (κ1) is 19.3. The van der Waals surface area contributed by atoms with Crippen molar-refractivity contribution in [2.75, 3.05) is 0 Å². The van der Waals surface area contributed by atoms with Crippen molar-refractivity contribution in [1.82, 2.24) is 19.6 Å². The Labute approximate surface area is 183 Å². The Hall–Kier alpha value is -2.70. The first-order chi connectivity index (χ1) is 14.5. The highest BCUT2D eigenvalue weighted by Crippen LogP contribution is 2.33. The maximum absolute atomic E-state index is 12.8. The van der Waals surface area contributed by atoms with Gasteiger partial charge in [0.15, 0.2) is 5.78 Å². The SMILES string of the molecule is Cc1ccc(CSc2nc3nc4c(cn3n2)C(=O)C[C@H](c2cccc(Cl)c2)C4)cc1. The second-order valence-electron chi connectivity index (χ2n) is 7.60. The van der Waals surface area contributed by atoms with E-state index in [1.165, 1.54) is 11.1 Å². The van der Waals surface area contributed by atoms with Crippen LogP contribution in [0.25, 0.3) is 5.78 Å². The normalized spacial score (nSPS) is 16.1. The summed E-state index contributed by atoms with van der Waals surface area (Å²) in [7, 11) is 0. The van der Waals surface area contributed by atoms with E-state index in [4.69, 9.17) is 11.6 Å². The van der Waals surface area contributed by atoms with Crippen LogP contribution in [0.5, 0.6) is 0 Å². The number of halogens is 1. The monoisotopic (exact) mass is 434 g/mol. The lowest BCUT2D eigenvalue weighted by molar-refractivity contribution is 0.0962. The number of fused-ring (bicyclic) bond motifs is 2. The van der Waals surface area contributed by atoms with Crippen LogP contribution in [0.2, 0.25) is 5.02 Å². The van der Waals surface area contributed by atoms with Gasteiger partial charge in [0.25, 0.3) is 5.78 Å². The molecule has 30 heavy (non-hydrogen) atoms. The number of hydrogen-bond acceptors (Lipinski definition) is 5. The lowest BCUT2D eigenvalue weighted by atomic mass is 9.82. The van der Waals surface area contributed by atoms with Gasteiger partial charge >= 0.3 is 0 Å². The van der Waals surface area contributed by atoms with Crippen molar-refractivity contribution in [1.29, 1.82) is 0 Å². The van der Waals surface area contributed by atoms with Crippen LogP contribution < -0.4 is 0 Å². The maximum Gasteiger partial charge on any atom is 0.253 e. The van der Waals surface area contributed by atoms with Gasteiger partial charge in [-0.2, -0.15) is 4.98 Å². The highest BCUT2D eigenvalue weighted by molar-refractivity contribution is 7.98. The van der Waals surface area contributed by atoms with Crippen LogP contribution in [0, 0.1) is 6.92 Å². The van der Waals surface area contributed by atoms with E-state index in [2.05, 4.69) is 46.3 Å². The zero-order chi connectivity index (χ0) is 20.7. The Balaban J connectivity index is 1.40. The fourth-order valence-electron chi connectivity index (χ4n) is 3.75. The van der Waals surface area contributed by atoms with Gasteiger partial charge in [0.05, 0.1) is 11.3 Å². The van der Waals surface area contributed by atoms with Crippen LogP contribution in [0.15, 0.2) is 59.9 Å². The van der Waals surface area contributed by atoms with E-state index >= 15 is 0 Å². The molecule has 5 nitrogen and oxygen atoms in total. The van der Waals surface area contributed by atoms with Gasteiger partial charge in [0.1, 0.15) is 0 Å². The molecule has 150 valence electrons. The zero-order valence-corrected chi connectivity index (χ0v) is 18.0. The van der Waals surface area contributed by atoms with Crippen molar-refractivity contribution in [2.24, 2.45) is 0 Å². The maximum atomic E-state index is 12.8. The van der Waals surface area contributed by atoms with Crippen molar-refractivity contribution in [3.05, 3.63) is 87.7 Å². The lowest BCUT2D eigenvalue weighted by Gasteiger charge is -2.23. The van der Waals surface area contributed by atoms with Crippen LogP contribution in [0.3, 0.4) is 0 Å². The number of ketones is 1. The first-order valence-corrected chi connectivity index (χ1v) is 11.1. The molecule has 7 heteroatoms. The molecule has 0 bridgehead atoms. The van der Waals surface area contributed by atoms with Gasteiger partial charge in [-0.1, -0.05) is 65.3 Å². The van der Waals surface area contributed by atoms with Gasteiger partial charge < -0.3 is 0 Å². The van der Waals surface area contributed by atoms with E-state index in [1.54, 1.807) is 22.5 Å². The van der Waals surface area contributed by atoms with Crippen LogP contribution in [0.4, 0.5) is 0 Å². The Morgan fingerprint density at radius 2 is 1.97 bits per heavy atom. The molecule has 1 atom stereocenters. The minimum Gasteiger partial charge on any atom is -0.294 e. The molecule has 0 spiro atoms. The summed E-state index contributed by atoms with van der Waals surface area (Å²) in [5.41, 5.74) is 4.95. The molecule has 2 heterocycles. The summed E-state index contributed by atoms with van der Waals surface area (Å²) in [6.07, 6.45) is 2.91. The number of Topliss-reactive ketones (excluding diaryl/α,β-unsaturated/α-hetero) is 1. The Kier molecular flexibility index (Phi) is 5.05. The third-order valence-corrected chi connectivity index (χ3v) is 6.52. The lowest BCUT2D eigenvalue weighted by Crippen LogP contribution is -2.21. The number of carbonyl (C=O) groups is 1. The molecule has 2 aromatic carbocycles. The largest absolute Gasteiger partial charge is 0.294 e.